The fourth-order valence-corrected chi connectivity index (χ4v) is 2.07. The summed E-state index contributed by atoms with van der Waals surface area (Å²) in [6, 6.07) is 4.15. The van der Waals surface area contributed by atoms with Gasteiger partial charge in [-0.15, -0.1) is 0 Å². The molecule has 0 atom stereocenters. The monoisotopic (exact) mass is 215 g/mol. The van der Waals surface area contributed by atoms with Crippen molar-refractivity contribution in [2.45, 2.75) is 20.8 Å². The number of aldehydes is 1. The fourth-order valence-electron chi connectivity index (χ4n) is 2.07. The summed E-state index contributed by atoms with van der Waals surface area (Å²) in [7, 11) is 0. The molecular formula is C13H13NO2. The number of hydrogen-bond acceptors (Lipinski definition) is 3. The van der Waals surface area contributed by atoms with Crippen LogP contribution in [0.25, 0.3) is 11.3 Å². The Balaban J connectivity index is 2.69. The van der Waals surface area contributed by atoms with E-state index in [9.17, 15) is 4.79 Å². The van der Waals surface area contributed by atoms with Crippen LogP contribution in [0.5, 0.6) is 0 Å². The van der Waals surface area contributed by atoms with E-state index in [0.717, 1.165) is 23.0 Å². The molecule has 3 nitrogen and oxygen atoms in total. The second kappa shape index (κ2) is 3.93. The van der Waals surface area contributed by atoms with Gasteiger partial charge in [0.15, 0.2) is 6.29 Å². The SMILES string of the molecule is Cc1cc(C)c(-c2nocc2C=O)c(C)c1. The molecule has 0 radical (unpaired) electrons. The van der Waals surface area contributed by atoms with Crippen LogP contribution in [0.15, 0.2) is 22.9 Å². The molecule has 1 heterocycles. The predicted molar refractivity (Wildman–Crippen MR) is 61.5 cm³/mol. The highest BCUT2D eigenvalue weighted by atomic mass is 16.5. The molecule has 0 aliphatic rings. The molecule has 1 aromatic carbocycles. The van der Waals surface area contributed by atoms with Crippen molar-refractivity contribution in [3.63, 3.8) is 0 Å². The highest BCUT2D eigenvalue weighted by Gasteiger charge is 2.14. The van der Waals surface area contributed by atoms with Gasteiger partial charge in [0.05, 0.1) is 5.56 Å². The molecule has 2 rings (SSSR count). The van der Waals surface area contributed by atoms with Gasteiger partial charge in [0.25, 0.3) is 0 Å². The third kappa shape index (κ3) is 1.65. The highest BCUT2D eigenvalue weighted by molar-refractivity contribution is 5.86. The van der Waals surface area contributed by atoms with Gasteiger partial charge in [-0.1, -0.05) is 22.9 Å². The van der Waals surface area contributed by atoms with Crippen LogP contribution in [0.4, 0.5) is 0 Å². The largest absolute Gasteiger partial charge is 0.363 e. The molecule has 1 aromatic heterocycles. The first-order valence-corrected chi connectivity index (χ1v) is 5.11. The first-order chi connectivity index (χ1) is 7.63. The van der Waals surface area contributed by atoms with E-state index in [2.05, 4.69) is 17.3 Å². The molecule has 0 aliphatic heterocycles. The summed E-state index contributed by atoms with van der Waals surface area (Å²) < 4.78 is 4.85. The van der Waals surface area contributed by atoms with E-state index in [1.165, 1.54) is 11.8 Å². The molecule has 0 N–H and O–H groups in total. The molecule has 0 amide bonds. The minimum atomic E-state index is 0.495. The van der Waals surface area contributed by atoms with Crippen molar-refractivity contribution >= 4 is 6.29 Å². The lowest BCUT2D eigenvalue weighted by molar-refractivity contribution is 0.112. The maximum absolute atomic E-state index is 10.9. The Bertz CT molecular complexity index is 518. The summed E-state index contributed by atoms with van der Waals surface area (Å²) in [4.78, 5) is 10.9. The van der Waals surface area contributed by atoms with E-state index in [1.54, 1.807) is 0 Å². The number of nitrogens with zero attached hydrogens (tertiary/aromatic N) is 1. The average Bonchev–Trinajstić information content (AvgIpc) is 2.64. The second-order valence-electron chi connectivity index (χ2n) is 4.01. The first kappa shape index (κ1) is 10.6. The van der Waals surface area contributed by atoms with Crippen molar-refractivity contribution in [3.8, 4) is 11.3 Å². The van der Waals surface area contributed by atoms with Crippen molar-refractivity contribution < 1.29 is 9.32 Å². The summed E-state index contributed by atoms with van der Waals surface area (Å²) >= 11 is 0. The molecule has 3 heteroatoms. The summed E-state index contributed by atoms with van der Waals surface area (Å²) in [5, 5.41) is 3.90. The lowest BCUT2D eigenvalue weighted by Crippen LogP contribution is -1.93. The summed E-state index contributed by atoms with van der Waals surface area (Å²) in [6.45, 7) is 6.07. The topological polar surface area (TPSA) is 43.1 Å². The lowest BCUT2D eigenvalue weighted by Gasteiger charge is -2.08. The van der Waals surface area contributed by atoms with Gasteiger partial charge in [-0.25, -0.2) is 0 Å². The van der Waals surface area contributed by atoms with Gasteiger partial charge in [0.1, 0.15) is 12.0 Å². The third-order valence-corrected chi connectivity index (χ3v) is 2.64. The van der Waals surface area contributed by atoms with Crippen LogP contribution in [-0.4, -0.2) is 11.4 Å². The van der Waals surface area contributed by atoms with E-state index in [4.69, 9.17) is 4.52 Å². The van der Waals surface area contributed by atoms with E-state index < -0.39 is 0 Å². The molecule has 0 bridgehead atoms. The highest BCUT2D eigenvalue weighted by Crippen LogP contribution is 2.29. The van der Waals surface area contributed by atoms with E-state index >= 15 is 0 Å². The van der Waals surface area contributed by atoms with Gasteiger partial charge >= 0.3 is 0 Å². The van der Waals surface area contributed by atoms with Crippen LogP contribution in [0.3, 0.4) is 0 Å². The zero-order valence-electron chi connectivity index (χ0n) is 9.57. The molecule has 0 spiro atoms. The van der Waals surface area contributed by atoms with Gasteiger partial charge in [-0.2, -0.15) is 0 Å². The lowest BCUT2D eigenvalue weighted by atomic mass is 9.96. The van der Waals surface area contributed by atoms with Gasteiger partial charge < -0.3 is 4.52 Å². The second-order valence-corrected chi connectivity index (χ2v) is 4.01. The zero-order chi connectivity index (χ0) is 11.7. The van der Waals surface area contributed by atoms with Crippen molar-refractivity contribution in [3.05, 3.63) is 40.6 Å². The molecule has 0 unspecified atom stereocenters. The van der Waals surface area contributed by atoms with Crippen LogP contribution >= 0.6 is 0 Å². The zero-order valence-corrected chi connectivity index (χ0v) is 9.57. The van der Waals surface area contributed by atoms with Gasteiger partial charge in [0, 0.05) is 5.56 Å². The summed E-state index contributed by atoms with van der Waals surface area (Å²) in [5.41, 5.74) is 5.53. The van der Waals surface area contributed by atoms with Crippen LogP contribution < -0.4 is 0 Å². The van der Waals surface area contributed by atoms with E-state index in [0.29, 0.717) is 11.3 Å². The molecule has 0 saturated heterocycles. The Morgan fingerprint density at radius 1 is 1.19 bits per heavy atom. The van der Waals surface area contributed by atoms with Crippen molar-refractivity contribution in [1.29, 1.82) is 0 Å². The molecule has 0 fully saturated rings. The van der Waals surface area contributed by atoms with Gasteiger partial charge in [-0.05, 0) is 31.9 Å². The Kier molecular flexibility index (Phi) is 2.60. The number of hydrogen-bond donors (Lipinski definition) is 0. The maximum atomic E-state index is 10.9. The molecule has 2 aromatic rings. The Labute approximate surface area is 94.1 Å². The Hall–Kier alpha value is -1.90. The predicted octanol–water partition coefficient (Wildman–Crippen LogP) is 3.08. The van der Waals surface area contributed by atoms with Crippen LogP contribution in [0, 0.1) is 20.8 Å². The first-order valence-electron chi connectivity index (χ1n) is 5.11. The number of rotatable bonds is 2. The van der Waals surface area contributed by atoms with E-state index in [-0.39, 0.29) is 0 Å². The molecule has 16 heavy (non-hydrogen) atoms. The quantitative estimate of drug-likeness (QED) is 0.723. The Morgan fingerprint density at radius 3 is 2.38 bits per heavy atom. The number of carbonyl (C=O) groups excluding carboxylic acids is 1. The number of benzene rings is 1. The number of aryl methyl sites for hydroxylation is 3. The smallest absolute Gasteiger partial charge is 0.155 e. The van der Waals surface area contributed by atoms with Crippen LogP contribution in [-0.2, 0) is 0 Å². The molecule has 82 valence electrons. The Morgan fingerprint density at radius 2 is 1.81 bits per heavy atom. The standard InChI is InChI=1S/C13H13NO2/c1-8-4-9(2)12(10(3)5-8)13-11(6-15)7-16-14-13/h4-7H,1-3H3. The summed E-state index contributed by atoms with van der Waals surface area (Å²) in [6.07, 6.45) is 2.14. The molecule has 0 aliphatic carbocycles. The normalized spacial score (nSPS) is 10.4. The minimum Gasteiger partial charge on any atom is -0.363 e. The number of carbonyl (C=O) groups is 1. The molecular weight excluding hydrogens is 202 g/mol. The third-order valence-electron chi connectivity index (χ3n) is 2.64. The van der Waals surface area contributed by atoms with Crippen molar-refractivity contribution in [1.82, 2.24) is 5.16 Å². The van der Waals surface area contributed by atoms with Crippen LogP contribution in [0.1, 0.15) is 27.0 Å². The maximum Gasteiger partial charge on any atom is 0.155 e. The van der Waals surface area contributed by atoms with Crippen molar-refractivity contribution in [2.75, 3.05) is 0 Å². The summed E-state index contributed by atoms with van der Waals surface area (Å²) in [5.74, 6) is 0. The molecule has 0 saturated carbocycles. The van der Waals surface area contributed by atoms with Gasteiger partial charge in [-0.3, -0.25) is 4.79 Å². The fraction of sp³-hybridized carbons (Fsp3) is 0.231. The average molecular weight is 215 g/mol. The van der Waals surface area contributed by atoms with E-state index in [1.807, 2.05) is 20.8 Å². The van der Waals surface area contributed by atoms with Crippen LogP contribution in [0.2, 0.25) is 0 Å². The van der Waals surface area contributed by atoms with Gasteiger partial charge in [0.2, 0.25) is 0 Å². The van der Waals surface area contributed by atoms with Crippen molar-refractivity contribution in [2.24, 2.45) is 0 Å². The minimum absolute atomic E-state index is 0.495. The number of aromatic nitrogens is 1.